The number of pyridine rings is 1. The van der Waals surface area contributed by atoms with Crippen LogP contribution < -0.4 is 4.74 Å². The molecule has 2 aromatic heterocycles. The van der Waals surface area contributed by atoms with Crippen molar-refractivity contribution in [1.29, 1.82) is 0 Å². The van der Waals surface area contributed by atoms with Crippen LogP contribution in [0, 0.1) is 0 Å². The van der Waals surface area contributed by atoms with Gasteiger partial charge in [-0.1, -0.05) is 6.07 Å². The first-order valence-corrected chi connectivity index (χ1v) is 6.42. The van der Waals surface area contributed by atoms with E-state index in [0.29, 0.717) is 11.3 Å². The standard InChI is InChI=1S/C14H9BrN2O2/c15-9-6-10(8-16-7-9)19-14(18)12-2-1-3-13-11(12)4-5-17-13/h1-8,17H. The summed E-state index contributed by atoms with van der Waals surface area (Å²) in [6, 6.07) is 9.01. The first-order valence-electron chi connectivity index (χ1n) is 5.63. The minimum atomic E-state index is -0.398. The summed E-state index contributed by atoms with van der Waals surface area (Å²) in [5.74, 6) is 0.0111. The maximum absolute atomic E-state index is 12.2. The fourth-order valence-corrected chi connectivity index (χ4v) is 2.22. The number of carbonyl (C=O) groups excluding carboxylic acids is 1. The number of carbonyl (C=O) groups is 1. The molecule has 0 unspecified atom stereocenters. The Kier molecular flexibility index (Phi) is 3.05. The van der Waals surface area contributed by atoms with Crippen molar-refractivity contribution >= 4 is 32.8 Å². The highest BCUT2D eigenvalue weighted by atomic mass is 79.9. The molecule has 0 fully saturated rings. The number of hydrogen-bond acceptors (Lipinski definition) is 3. The highest BCUT2D eigenvalue weighted by Crippen LogP contribution is 2.21. The molecule has 0 saturated heterocycles. The van der Waals surface area contributed by atoms with E-state index in [2.05, 4.69) is 25.9 Å². The molecule has 0 aliphatic heterocycles. The fourth-order valence-electron chi connectivity index (χ4n) is 1.87. The molecule has 19 heavy (non-hydrogen) atoms. The van der Waals surface area contributed by atoms with Crippen LogP contribution >= 0.6 is 15.9 Å². The van der Waals surface area contributed by atoms with Gasteiger partial charge in [0.25, 0.3) is 0 Å². The lowest BCUT2D eigenvalue weighted by atomic mass is 10.1. The summed E-state index contributed by atoms with van der Waals surface area (Å²) in [5.41, 5.74) is 1.43. The number of aromatic amines is 1. The second-order valence-corrected chi connectivity index (χ2v) is 4.89. The number of fused-ring (bicyclic) bond motifs is 1. The number of rotatable bonds is 2. The van der Waals surface area contributed by atoms with E-state index in [1.807, 2.05) is 18.2 Å². The summed E-state index contributed by atoms with van der Waals surface area (Å²) in [6.45, 7) is 0. The topological polar surface area (TPSA) is 55.0 Å². The Morgan fingerprint density at radius 3 is 3.00 bits per heavy atom. The molecular formula is C14H9BrN2O2. The lowest BCUT2D eigenvalue weighted by Crippen LogP contribution is -2.08. The Balaban J connectivity index is 1.94. The highest BCUT2D eigenvalue weighted by molar-refractivity contribution is 9.10. The first-order chi connectivity index (χ1) is 9.24. The van der Waals surface area contributed by atoms with Gasteiger partial charge in [-0.25, -0.2) is 4.79 Å². The average molecular weight is 317 g/mol. The molecule has 1 N–H and O–H groups in total. The fraction of sp³-hybridized carbons (Fsp3) is 0. The van der Waals surface area contributed by atoms with Crippen molar-refractivity contribution in [3.63, 3.8) is 0 Å². The van der Waals surface area contributed by atoms with E-state index in [1.54, 1.807) is 24.5 Å². The van der Waals surface area contributed by atoms with Gasteiger partial charge in [-0.3, -0.25) is 4.98 Å². The maximum atomic E-state index is 12.2. The van der Waals surface area contributed by atoms with E-state index in [1.165, 1.54) is 6.20 Å². The van der Waals surface area contributed by atoms with Crippen LogP contribution in [0.3, 0.4) is 0 Å². The predicted octanol–water partition coefficient (Wildman–Crippen LogP) is 3.54. The van der Waals surface area contributed by atoms with Crippen molar-refractivity contribution in [3.8, 4) is 5.75 Å². The van der Waals surface area contributed by atoms with Gasteiger partial charge in [-0.2, -0.15) is 0 Å². The molecule has 0 bridgehead atoms. The number of aromatic nitrogens is 2. The molecule has 94 valence electrons. The largest absolute Gasteiger partial charge is 0.421 e. The number of nitrogens with one attached hydrogen (secondary N) is 1. The number of benzene rings is 1. The van der Waals surface area contributed by atoms with Crippen LogP contribution in [0.1, 0.15) is 10.4 Å². The van der Waals surface area contributed by atoms with Crippen LogP contribution in [0.2, 0.25) is 0 Å². The molecule has 0 aliphatic rings. The minimum Gasteiger partial charge on any atom is -0.421 e. The summed E-state index contributed by atoms with van der Waals surface area (Å²) >= 11 is 3.28. The van der Waals surface area contributed by atoms with Gasteiger partial charge < -0.3 is 9.72 Å². The molecule has 3 rings (SSSR count). The molecule has 0 amide bonds. The summed E-state index contributed by atoms with van der Waals surface area (Å²) in [5, 5.41) is 0.843. The van der Waals surface area contributed by atoms with Gasteiger partial charge in [0.2, 0.25) is 0 Å². The Bertz CT molecular complexity index is 752. The second kappa shape index (κ2) is 4.85. The van der Waals surface area contributed by atoms with E-state index < -0.39 is 5.97 Å². The van der Waals surface area contributed by atoms with E-state index >= 15 is 0 Å². The molecule has 0 atom stereocenters. The zero-order chi connectivity index (χ0) is 13.2. The van der Waals surface area contributed by atoms with Crippen molar-refractivity contribution in [2.75, 3.05) is 0 Å². The smallest absolute Gasteiger partial charge is 0.344 e. The first kappa shape index (κ1) is 11.9. The number of hydrogen-bond donors (Lipinski definition) is 1. The summed E-state index contributed by atoms with van der Waals surface area (Å²) in [6.07, 6.45) is 4.92. The van der Waals surface area contributed by atoms with E-state index in [0.717, 1.165) is 15.4 Å². The van der Waals surface area contributed by atoms with Crippen molar-refractivity contribution in [2.24, 2.45) is 0 Å². The molecule has 1 aromatic carbocycles. The number of esters is 1. The Hall–Kier alpha value is -2.14. The number of halogens is 1. The number of ether oxygens (including phenoxy) is 1. The third-order valence-corrected chi connectivity index (χ3v) is 3.14. The monoisotopic (exact) mass is 316 g/mol. The number of nitrogens with zero attached hydrogens (tertiary/aromatic N) is 1. The zero-order valence-corrected chi connectivity index (χ0v) is 11.3. The highest BCUT2D eigenvalue weighted by Gasteiger charge is 2.13. The van der Waals surface area contributed by atoms with Crippen LogP contribution in [-0.4, -0.2) is 15.9 Å². The number of H-pyrrole nitrogens is 1. The van der Waals surface area contributed by atoms with Crippen LogP contribution in [0.15, 0.2) is 53.4 Å². The predicted molar refractivity (Wildman–Crippen MR) is 75.2 cm³/mol. The lowest BCUT2D eigenvalue weighted by Gasteiger charge is -2.05. The lowest BCUT2D eigenvalue weighted by molar-refractivity contribution is 0.0736. The summed E-state index contributed by atoms with van der Waals surface area (Å²) in [4.78, 5) is 19.2. The van der Waals surface area contributed by atoms with Crippen molar-refractivity contribution in [2.45, 2.75) is 0 Å². The van der Waals surface area contributed by atoms with Crippen LogP contribution in [0.5, 0.6) is 5.75 Å². The summed E-state index contributed by atoms with van der Waals surface area (Å²) in [7, 11) is 0. The molecule has 5 heteroatoms. The van der Waals surface area contributed by atoms with Gasteiger partial charge in [0.15, 0.2) is 5.75 Å². The maximum Gasteiger partial charge on any atom is 0.344 e. The Labute approximate surface area is 117 Å². The van der Waals surface area contributed by atoms with E-state index in [-0.39, 0.29) is 0 Å². The zero-order valence-electron chi connectivity index (χ0n) is 9.76. The molecule has 0 aliphatic carbocycles. The van der Waals surface area contributed by atoms with Gasteiger partial charge in [0.05, 0.1) is 11.8 Å². The normalized spacial score (nSPS) is 10.6. The van der Waals surface area contributed by atoms with Gasteiger partial charge in [0.1, 0.15) is 0 Å². The molecule has 3 aromatic rings. The Morgan fingerprint density at radius 2 is 2.16 bits per heavy atom. The molecule has 0 spiro atoms. The molecule has 0 saturated carbocycles. The van der Waals surface area contributed by atoms with Gasteiger partial charge in [-0.15, -0.1) is 0 Å². The molecule has 4 nitrogen and oxygen atoms in total. The van der Waals surface area contributed by atoms with Crippen molar-refractivity contribution in [1.82, 2.24) is 9.97 Å². The van der Waals surface area contributed by atoms with Gasteiger partial charge in [0, 0.05) is 27.8 Å². The second-order valence-electron chi connectivity index (χ2n) is 3.97. The minimum absolute atomic E-state index is 0.398. The van der Waals surface area contributed by atoms with E-state index in [9.17, 15) is 4.79 Å². The van der Waals surface area contributed by atoms with Crippen molar-refractivity contribution < 1.29 is 9.53 Å². The molecule has 0 radical (unpaired) electrons. The van der Waals surface area contributed by atoms with E-state index in [4.69, 9.17) is 4.74 Å². The third-order valence-electron chi connectivity index (χ3n) is 2.71. The van der Waals surface area contributed by atoms with Crippen LogP contribution in [0.4, 0.5) is 0 Å². The van der Waals surface area contributed by atoms with Gasteiger partial charge >= 0.3 is 5.97 Å². The summed E-state index contributed by atoms with van der Waals surface area (Å²) < 4.78 is 6.08. The van der Waals surface area contributed by atoms with Gasteiger partial charge in [-0.05, 0) is 40.2 Å². The average Bonchev–Trinajstić information content (AvgIpc) is 2.86. The molecular weight excluding hydrogens is 308 g/mol. The third kappa shape index (κ3) is 2.37. The van der Waals surface area contributed by atoms with Crippen LogP contribution in [0.25, 0.3) is 10.9 Å². The van der Waals surface area contributed by atoms with Crippen LogP contribution in [-0.2, 0) is 0 Å². The van der Waals surface area contributed by atoms with Crippen molar-refractivity contribution in [3.05, 3.63) is 59.0 Å². The quantitative estimate of drug-likeness (QED) is 0.736. The SMILES string of the molecule is O=C(Oc1cncc(Br)c1)c1cccc2[nH]ccc12. The molecule has 2 heterocycles. The Morgan fingerprint density at radius 1 is 1.26 bits per heavy atom.